The summed E-state index contributed by atoms with van der Waals surface area (Å²) in [6, 6.07) is 6.72. The van der Waals surface area contributed by atoms with Gasteiger partial charge in [-0.05, 0) is 43.5 Å². The second-order valence-electron chi connectivity index (χ2n) is 4.60. The first-order valence-electron chi connectivity index (χ1n) is 6.20. The zero-order valence-electron chi connectivity index (χ0n) is 10.5. The van der Waals surface area contributed by atoms with Crippen molar-refractivity contribution in [2.45, 2.75) is 41.6 Å². The molecule has 0 aliphatic heterocycles. The van der Waals surface area contributed by atoms with Crippen molar-refractivity contribution < 1.29 is 0 Å². The predicted molar refractivity (Wildman–Crippen MR) is 80.1 cm³/mol. The van der Waals surface area contributed by atoms with Gasteiger partial charge in [-0.15, -0.1) is 10.2 Å². The van der Waals surface area contributed by atoms with E-state index in [1.54, 1.807) is 23.1 Å². The van der Waals surface area contributed by atoms with Crippen LogP contribution in [0.4, 0.5) is 0 Å². The van der Waals surface area contributed by atoms with Gasteiger partial charge in [0.05, 0.1) is 0 Å². The van der Waals surface area contributed by atoms with Crippen molar-refractivity contribution >= 4 is 34.7 Å². The van der Waals surface area contributed by atoms with Gasteiger partial charge >= 0.3 is 0 Å². The molecule has 1 aliphatic carbocycles. The van der Waals surface area contributed by atoms with Gasteiger partial charge in [0.2, 0.25) is 0 Å². The average molecular weight is 312 g/mol. The van der Waals surface area contributed by atoms with E-state index in [4.69, 9.17) is 11.6 Å². The van der Waals surface area contributed by atoms with Crippen molar-refractivity contribution in [3.63, 3.8) is 0 Å². The number of benzene rings is 1. The van der Waals surface area contributed by atoms with Gasteiger partial charge in [0.25, 0.3) is 0 Å². The molecule has 0 saturated heterocycles. The molecule has 3 nitrogen and oxygen atoms in total. The minimum atomic E-state index is 0.695. The number of aryl methyl sites for hydroxylation is 1. The normalized spacial score (nSPS) is 14.8. The monoisotopic (exact) mass is 311 g/mol. The van der Waals surface area contributed by atoms with Crippen LogP contribution in [0.2, 0.25) is 5.02 Å². The molecule has 0 atom stereocenters. The summed E-state index contributed by atoms with van der Waals surface area (Å²) < 4.78 is 0.979. The molecule has 1 aliphatic rings. The molecule has 1 aromatic carbocycles. The van der Waals surface area contributed by atoms with Crippen LogP contribution in [0, 0.1) is 6.92 Å². The summed E-state index contributed by atoms with van der Waals surface area (Å²) in [6.45, 7) is 2.84. The molecule has 0 bridgehead atoms. The highest BCUT2D eigenvalue weighted by molar-refractivity contribution is 8.01. The van der Waals surface area contributed by atoms with Crippen molar-refractivity contribution in [2.75, 3.05) is 0 Å². The molecule has 1 aromatic heterocycles. The van der Waals surface area contributed by atoms with E-state index in [0.717, 1.165) is 20.9 Å². The molecule has 1 heterocycles. The van der Waals surface area contributed by atoms with Gasteiger partial charge in [-0.3, -0.25) is 0 Å². The van der Waals surface area contributed by atoms with Crippen LogP contribution in [-0.4, -0.2) is 16.2 Å². The number of nitrogens with zero attached hydrogens (tertiary/aromatic N) is 2. The van der Waals surface area contributed by atoms with Gasteiger partial charge < -0.3 is 5.32 Å². The third kappa shape index (κ3) is 3.69. The van der Waals surface area contributed by atoms with E-state index in [1.165, 1.54) is 23.3 Å². The number of halogens is 1. The number of rotatable bonds is 5. The molecule has 100 valence electrons. The maximum Gasteiger partial charge on any atom is 0.179 e. The molecular formula is C13H14ClN3S2. The highest BCUT2D eigenvalue weighted by Gasteiger charge is 2.20. The summed E-state index contributed by atoms with van der Waals surface area (Å²) in [5.41, 5.74) is 1.23. The van der Waals surface area contributed by atoms with Crippen LogP contribution in [0.1, 0.15) is 23.4 Å². The van der Waals surface area contributed by atoms with Gasteiger partial charge in [-0.2, -0.15) is 0 Å². The summed E-state index contributed by atoms with van der Waals surface area (Å²) in [4.78, 5) is 1.20. The Bertz CT molecular complexity index is 581. The fraction of sp³-hybridized carbons (Fsp3) is 0.385. The summed E-state index contributed by atoms with van der Waals surface area (Å²) in [5, 5.41) is 13.5. The van der Waals surface area contributed by atoms with Gasteiger partial charge in [-0.25, -0.2) is 0 Å². The number of hydrogen-bond donors (Lipinski definition) is 1. The van der Waals surface area contributed by atoms with E-state index >= 15 is 0 Å². The number of nitrogens with one attached hydrogen (secondary N) is 1. The van der Waals surface area contributed by atoms with E-state index in [2.05, 4.69) is 21.6 Å². The molecule has 0 amide bonds. The Kier molecular flexibility index (Phi) is 4.07. The maximum absolute atomic E-state index is 6.09. The second kappa shape index (κ2) is 5.79. The standard InChI is InChI=1S/C13H14ClN3S2/c1-8-16-17-13(18-8)19-12-5-2-10(14)6-9(12)7-15-11-3-4-11/h2,5-6,11,15H,3-4,7H2,1H3. The predicted octanol–water partition coefficient (Wildman–Crippen LogP) is 3.90. The van der Waals surface area contributed by atoms with E-state index in [-0.39, 0.29) is 0 Å². The fourth-order valence-electron chi connectivity index (χ4n) is 1.74. The van der Waals surface area contributed by atoms with Crippen molar-refractivity contribution in [1.82, 2.24) is 15.5 Å². The maximum atomic E-state index is 6.09. The Balaban J connectivity index is 1.77. The zero-order chi connectivity index (χ0) is 13.2. The Morgan fingerprint density at radius 3 is 2.95 bits per heavy atom. The summed E-state index contributed by atoms with van der Waals surface area (Å²) >= 11 is 9.37. The van der Waals surface area contributed by atoms with Crippen molar-refractivity contribution in [3.05, 3.63) is 33.8 Å². The second-order valence-corrected chi connectivity index (χ2v) is 7.50. The molecule has 6 heteroatoms. The van der Waals surface area contributed by atoms with Crippen LogP contribution in [-0.2, 0) is 6.54 Å². The van der Waals surface area contributed by atoms with Crippen molar-refractivity contribution in [1.29, 1.82) is 0 Å². The zero-order valence-corrected chi connectivity index (χ0v) is 12.9. The van der Waals surface area contributed by atoms with Crippen LogP contribution in [0.25, 0.3) is 0 Å². The molecule has 0 radical (unpaired) electrons. The van der Waals surface area contributed by atoms with Gasteiger partial charge in [0, 0.05) is 22.5 Å². The molecular weight excluding hydrogens is 298 g/mol. The summed E-state index contributed by atoms with van der Waals surface area (Å²) in [5.74, 6) is 0. The van der Waals surface area contributed by atoms with Gasteiger partial charge in [0.15, 0.2) is 4.34 Å². The lowest BCUT2D eigenvalue weighted by Crippen LogP contribution is -2.15. The largest absolute Gasteiger partial charge is 0.310 e. The summed E-state index contributed by atoms with van der Waals surface area (Å²) in [7, 11) is 0. The molecule has 1 fully saturated rings. The quantitative estimate of drug-likeness (QED) is 0.908. The Morgan fingerprint density at radius 2 is 2.26 bits per heavy atom. The molecule has 2 aromatic rings. The van der Waals surface area contributed by atoms with E-state index in [9.17, 15) is 0 Å². The summed E-state index contributed by atoms with van der Waals surface area (Å²) in [6.07, 6.45) is 2.58. The SMILES string of the molecule is Cc1nnc(Sc2ccc(Cl)cc2CNC2CC2)s1. The van der Waals surface area contributed by atoms with Gasteiger partial charge in [-0.1, -0.05) is 34.7 Å². The van der Waals surface area contributed by atoms with E-state index in [0.29, 0.717) is 6.04 Å². The minimum absolute atomic E-state index is 0.695. The molecule has 1 N–H and O–H groups in total. The molecule has 0 unspecified atom stereocenters. The highest BCUT2D eigenvalue weighted by atomic mass is 35.5. The topological polar surface area (TPSA) is 37.8 Å². The lowest BCUT2D eigenvalue weighted by Gasteiger charge is -2.09. The Hall–Kier alpha value is -0.620. The fourth-order valence-corrected chi connectivity index (χ4v) is 3.82. The van der Waals surface area contributed by atoms with Crippen LogP contribution < -0.4 is 5.32 Å². The van der Waals surface area contributed by atoms with Crippen molar-refractivity contribution in [2.24, 2.45) is 0 Å². The van der Waals surface area contributed by atoms with Crippen LogP contribution in [0.3, 0.4) is 0 Å². The third-order valence-electron chi connectivity index (χ3n) is 2.89. The first-order chi connectivity index (χ1) is 9.20. The number of aromatic nitrogens is 2. The smallest absolute Gasteiger partial charge is 0.179 e. The molecule has 3 rings (SSSR count). The van der Waals surface area contributed by atoms with E-state index in [1.807, 2.05) is 19.1 Å². The molecule has 0 spiro atoms. The minimum Gasteiger partial charge on any atom is -0.310 e. The number of hydrogen-bond acceptors (Lipinski definition) is 5. The Labute approximate surface area is 125 Å². The third-order valence-corrected chi connectivity index (χ3v) is 5.13. The van der Waals surface area contributed by atoms with E-state index < -0.39 is 0 Å². The lowest BCUT2D eigenvalue weighted by molar-refractivity contribution is 0.680. The first-order valence-corrected chi connectivity index (χ1v) is 8.21. The van der Waals surface area contributed by atoms with Crippen LogP contribution >= 0.6 is 34.7 Å². The van der Waals surface area contributed by atoms with Crippen molar-refractivity contribution in [3.8, 4) is 0 Å². The van der Waals surface area contributed by atoms with Crippen LogP contribution in [0.5, 0.6) is 0 Å². The highest BCUT2D eigenvalue weighted by Crippen LogP contribution is 2.34. The van der Waals surface area contributed by atoms with Gasteiger partial charge in [0.1, 0.15) is 5.01 Å². The van der Waals surface area contributed by atoms with Crippen LogP contribution in [0.15, 0.2) is 27.4 Å². The lowest BCUT2D eigenvalue weighted by atomic mass is 10.2. The molecule has 1 saturated carbocycles. The first kappa shape index (κ1) is 13.4. The average Bonchev–Trinajstić information content (AvgIpc) is 3.13. The Morgan fingerprint density at radius 1 is 1.42 bits per heavy atom. The molecule has 19 heavy (non-hydrogen) atoms.